The normalized spacial score (nSPS) is 17.6. The molecule has 1 saturated carbocycles. The van der Waals surface area contributed by atoms with Gasteiger partial charge in [-0.15, -0.1) is 0 Å². The molecule has 0 N–H and O–H groups in total. The minimum absolute atomic E-state index is 0.0930. The maximum Gasteiger partial charge on any atom is 0.306 e. The van der Waals surface area contributed by atoms with Crippen molar-refractivity contribution in [3.8, 4) is 22.6 Å². The lowest BCUT2D eigenvalue weighted by Crippen LogP contribution is -2.19. The van der Waals surface area contributed by atoms with Crippen LogP contribution in [0.5, 0.6) is 5.75 Å². The van der Waals surface area contributed by atoms with Crippen molar-refractivity contribution in [3.63, 3.8) is 0 Å². The van der Waals surface area contributed by atoms with Crippen molar-refractivity contribution in [2.75, 3.05) is 13.2 Å². The maximum atomic E-state index is 12.1. The molecule has 1 fully saturated rings. The van der Waals surface area contributed by atoms with Crippen molar-refractivity contribution in [1.82, 2.24) is 28.9 Å². The molecule has 5 aromatic rings. The van der Waals surface area contributed by atoms with E-state index in [1.165, 1.54) is 0 Å². The Hall–Kier alpha value is -4.14. The Morgan fingerprint density at radius 2 is 1.79 bits per heavy atom. The van der Waals surface area contributed by atoms with Crippen LogP contribution in [0.4, 0.5) is 0 Å². The Kier molecular flexibility index (Phi) is 6.81. The van der Waals surface area contributed by atoms with Crippen molar-refractivity contribution in [2.45, 2.75) is 51.9 Å². The molecule has 0 radical (unpaired) electrons. The number of rotatable bonds is 8. The molecule has 9 nitrogen and oxygen atoms in total. The van der Waals surface area contributed by atoms with Crippen LogP contribution in [-0.4, -0.2) is 48.1 Å². The Bertz CT molecular complexity index is 1610. The second kappa shape index (κ2) is 10.6. The van der Waals surface area contributed by atoms with Crippen LogP contribution < -0.4 is 4.74 Å². The van der Waals surface area contributed by atoms with Crippen LogP contribution in [0.25, 0.3) is 33.5 Å². The van der Waals surface area contributed by atoms with Crippen molar-refractivity contribution < 1.29 is 14.3 Å². The Balaban J connectivity index is 1.41. The van der Waals surface area contributed by atoms with Crippen molar-refractivity contribution in [2.24, 2.45) is 13.0 Å². The lowest BCUT2D eigenvalue weighted by molar-refractivity contribution is -0.144. The van der Waals surface area contributed by atoms with Gasteiger partial charge >= 0.3 is 5.97 Å². The van der Waals surface area contributed by atoms with E-state index >= 15 is 0 Å². The average Bonchev–Trinajstić information content (AvgIpc) is 3.67. The standard InChI is InChI=1S/C30H34N6O3/c1-4-38-25-19-34(3)30-27(25)28(21-13-11-20(12-14-21)15-26(37)39-5-2)33-29-24(17-32-36(29)30)22-16-31-35(18-22)23-9-7-6-8-10-23/h6-10,16-21H,4-5,11-15H2,1-3H3. The van der Waals surface area contributed by atoms with E-state index in [-0.39, 0.29) is 11.9 Å². The molecule has 0 atom stereocenters. The third-order valence-corrected chi connectivity index (χ3v) is 7.75. The second-order valence-corrected chi connectivity index (χ2v) is 10.3. The van der Waals surface area contributed by atoms with E-state index in [4.69, 9.17) is 19.6 Å². The number of benzene rings is 1. The van der Waals surface area contributed by atoms with E-state index < -0.39 is 0 Å². The van der Waals surface area contributed by atoms with Crippen LogP contribution in [0.3, 0.4) is 0 Å². The van der Waals surface area contributed by atoms with Crippen LogP contribution in [0.15, 0.2) is 55.1 Å². The summed E-state index contributed by atoms with van der Waals surface area (Å²) in [6, 6.07) is 10.1. The third-order valence-electron chi connectivity index (χ3n) is 7.75. The molecule has 4 aromatic heterocycles. The maximum absolute atomic E-state index is 12.1. The van der Waals surface area contributed by atoms with Crippen LogP contribution in [0, 0.1) is 5.92 Å². The molecule has 0 amide bonds. The summed E-state index contributed by atoms with van der Waals surface area (Å²) in [6.07, 6.45) is 12.2. The summed E-state index contributed by atoms with van der Waals surface area (Å²) >= 11 is 0. The highest BCUT2D eigenvalue weighted by Gasteiger charge is 2.30. The first-order chi connectivity index (χ1) is 19.1. The minimum Gasteiger partial charge on any atom is -0.491 e. The smallest absolute Gasteiger partial charge is 0.306 e. The summed E-state index contributed by atoms with van der Waals surface area (Å²) in [6.45, 7) is 4.87. The largest absolute Gasteiger partial charge is 0.491 e. The molecule has 0 unspecified atom stereocenters. The van der Waals surface area contributed by atoms with Gasteiger partial charge in [-0.05, 0) is 57.6 Å². The molecule has 6 rings (SSSR count). The van der Waals surface area contributed by atoms with Crippen molar-refractivity contribution in [3.05, 3.63) is 60.8 Å². The van der Waals surface area contributed by atoms with Gasteiger partial charge in [0.25, 0.3) is 0 Å². The van der Waals surface area contributed by atoms with Gasteiger partial charge in [-0.25, -0.2) is 9.67 Å². The fraction of sp³-hybridized carbons (Fsp3) is 0.400. The number of carbonyl (C=O) groups is 1. The fourth-order valence-corrected chi connectivity index (χ4v) is 5.90. The zero-order valence-corrected chi connectivity index (χ0v) is 22.7. The zero-order valence-electron chi connectivity index (χ0n) is 22.7. The van der Waals surface area contributed by atoms with Crippen molar-refractivity contribution >= 4 is 22.6 Å². The molecule has 1 aliphatic carbocycles. The highest BCUT2D eigenvalue weighted by Crippen LogP contribution is 2.43. The molecule has 39 heavy (non-hydrogen) atoms. The summed E-state index contributed by atoms with van der Waals surface area (Å²) in [5.74, 6) is 1.37. The first-order valence-corrected chi connectivity index (χ1v) is 13.8. The highest BCUT2D eigenvalue weighted by atomic mass is 16.5. The predicted octanol–water partition coefficient (Wildman–Crippen LogP) is 5.70. The van der Waals surface area contributed by atoms with Gasteiger partial charge in [-0.1, -0.05) is 18.2 Å². The Morgan fingerprint density at radius 3 is 2.54 bits per heavy atom. The number of esters is 1. The number of para-hydroxylation sites is 1. The number of aryl methyl sites for hydroxylation is 1. The number of hydrogen-bond donors (Lipinski definition) is 0. The van der Waals surface area contributed by atoms with E-state index in [9.17, 15) is 4.79 Å². The van der Waals surface area contributed by atoms with Gasteiger partial charge in [0, 0.05) is 42.9 Å². The van der Waals surface area contributed by atoms with Gasteiger partial charge in [-0.3, -0.25) is 4.79 Å². The number of hydrogen-bond acceptors (Lipinski definition) is 6. The lowest BCUT2D eigenvalue weighted by atomic mass is 9.78. The topological polar surface area (TPSA) is 88.5 Å². The van der Waals surface area contributed by atoms with Gasteiger partial charge in [0.15, 0.2) is 5.65 Å². The summed E-state index contributed by atoms with van der Waals surface area (Å²) < 4.78 is 17.2. The molecule has 9 heteroatoms. The SMILES string of the molecule is CCOC(=O)CC1CCC(c2nc3c(-c4cnn(-c5ccccc5)c4)cnn3c3c2c(OCC)cn3C)CC1. The van der Waals surface area contributed by atoms with Gasteiger partial charge < -0.3 is 14.0 Å². The first-order valence-electron chi connectivity index (χ1n) is 13.8. The third kappa shape index (κ3) is 4.66. The number of nitrogens with zero attached hydrogens (tertiary/aromatic N) is 6. The van der Waals surface area contributed by atoms with Crippen LogP contribution in [-0.2, 0) is 16.6 Å². The zero-order chi connectivity index (χ0) is 26.9. The first kappa shape index (κ1) is 25.2. The molecular formula is C30H34N6O3. The van der Waals surface area contributed by atoms with E-state index in [2.05, 4.69) is 9.67 Å². The molecule has 0 saturated heterocycles. The fourth-order valence-electron chi connectivity index (χ4n) is 5.90. The molecular weight excluding hydrogens is 492 g/mol. The van der Waals surface area contributed by atoms with Crippen LogP contribution in [0.1, 0.15) is 57.6 Å². The molecule has 1 aromatic carbocycles. The van der Waals surface area contributed by atoms with Crippen molar-refractivity contribution in [1.29, 1.82) is 0 Å². The Labute approximate surface area is 227 Å². The summed E-state index contributed by atoms with van der Waals surface area (Å²) in [7, 11) is 2.03. The number of carbonyl (C=O) groups excluding carboxylic acids is 1. The minimum atomic E-state index is -0.0930. The van der Waals surface area contributed by atoms with Gasteiger partial charge in [0.05, 0.1) is 42.4 Å². The van der Waals surface area contributed by atoms with Gasteiger partial charge in [0.1, 0.15) is 11.4 Å². The predicted molar refractivity (Wildman–Crippen MR) is 149 cm³/mol. The second-order valence-electron chi connectivity index (χ2n) is 10.3. The van der Waals surface area contributed by atoms with Crippen LogP contribution in [0.2, 0.25) is 0 Å². The molecule has 1 aliphatic rings. The summed E-state index contributed by atoms with van der Waals surface area (Å²) in [4.78, 5) is 17.4. The highest BCUT2D eigenvalue weighted by molar-refractivity contribution is 5.91. The number of aromatic nitrogens is 6. The quantitative estimate of drug-likeness (QED) is 0.241. The molecule has 0 spiro atoms. The molecule has 0 aliphatic heterocycles. The number of ether oxygens (including phenoxy) is 2. The summed E-state index contributed by atoms with van der Waals surface area (Å²) in [5.41, 5.74) is 5.73. The summed E-state index contributed by atoms with van der Waals surface area (Å²) in [5, 5.41) is 10.4. The molecule has 4 heterocycles. The van der Waals surface area contributed by atoms with Gasteiger partial charge in [-0.2, -0.15) is 14.7 Å². The van der Waals surface area contributed by atoms with E-state index in [1.807, 2.05) is 85.2 Å². The van der Waals surface area contributed by atoms with Gasteiger partial charge in [0.2, 0.25) is 0 Å². The van der Waals surface area contributed by atoms with Crippen LogP contribution >= 0.6 is 0 Å². The monoisotopic (exact) mass is 526 g/mol. The number of fused-ring (bicyclic) bond motifs is 3. The van der Waals surface area contributed by atoms with E-state index in [0.717, 1.165) is 70.6 Å². The molecule has 0 bridgehead atoms. The van der Waals surface area contributed by atoms with E-state index in [1.54, 1.807) is 0 Å². The lowest BCUT2D eigenvalue weighted by Gasteiger charge is -2.28. The average molecular weight is 527 g/mol. The Morgan fingerprint density at radius 1 is 1.00 bits per heavy atom. The molecule has 202 valence electrons. The van der Waals surface area contributed by atoms with E-state index in [0.29, 0.717) is 25.6 Å².